The molecular weight excluding hydrogens is 644 g/mol. The Balaban J connectivity index is 1.69. The Morgan fingerprint density at radius 2 is 0.900 bits per heavy atom. The van der Waals surface area contributed by atoms with Gasteiger partial charge in [-0.2, -0.15) is 0 Å². The first-order valence-electron chi connectivity index (χ1n) is 11.6. The van der Waals surface area contributed by atoms with Gasteiger partial charge in [-0.1, -0.05) is 44.0 Å². The minimum absolute atomic E-state index is 0.00540. The summed E-state index contributed by atoms with van der Waals surface area (Å²) in [4.78, 5) is 33.8. The third-order valence-electron chi connectivity index (χ3n) is 5.49. The van der Waals surface area contributed by atoms with Gasteiger partial charge in [0.1, 0.15) is 0 Å². The van der Waals surface area contributed by atoms with E-state index in [9.17, 15) is 30.0 Å². The van der Waals surface area contributed by atoms with Crippen molar-refractivity contribution in [2.24, 2.45) is 0 Å². The highest BCUT2D eigenvalue weighted by Gasteiger charge is 2.14. The molecule has 200 valence electrons. The number of hydrogen-bond donors (Lipinski definition) is 4. The molecule has 4 rings (SSSR count). The second-order valence-corrected chi connectivity index (χ2v) is 10.2. The van der Waals surface area contributed by atoms with E-state index in [2.05, 4.69) is 41.8 Å². The quantitative estimate of drug-likeness (QED) is 0.0654. The van der Waals surface area contributed by atoms with Crippen molar-refractivity contribution in [1.29, 1.82) is 0 Å². The van der Waals surface area contributed by atoms with Gasteiger partial charge in [0.2, 0.25) is 0 Å². The monoisotopic (exact) mass is 662 g/mol. The van der Waals surface area contributed by atoms with Gasteiger partial charge in [0.15, 0.2) is 34.6 Å². The molecule has 0 saturated heterocycles. The summed E-state index contributed by atoms with van der Waals surface area (Å²) in [5, 5.41) is 41.8. The van der Waals surface area contributed by atoms with E-state index in [1.807, 2.05) is 0 Å². The second-order valence-electron chi connectivity index (χ2n) is 8.34. The second kappa shape index (κ2) is 12.5. The maximum atomic E-state index is 12.5. The molecule has 4 aromatic rings. The molecule has 1 heterocycles. The number of aliphatic hydroxyl groups excluding tert-OH is 4. The van der Waals surface area contributed by atoms with Crippen molar-refractivity contribution in [3.8, 4) is 0 Å². The van der Waals surface area contributed by atoms with Crippen LogP contribution in [0.15, 0.2) is 117 Å². The van der Waals surface area contributed by atoms with Gasteiger partial charge in [-0.25, -0.2) is 9.97 Å². The van der Waals surface area contributed by atoms with E-state index >= 15 is 0 Å². The van der Waals surface area contributed by atoms with Gasteiger partial charge in [0.25, 0.3) is 0 Å². The number of fused-ring (bicyclic) bond motifs is 1. The maximum absolute atomic E-state index is 12.5. The number of aliphatic hydroxyl groups is 4. The third kappa shape index (κ3) is 7.10. The molecule has 0 bridgehead atoms. The highest BCUT2D eigenvalue weighted by molar-refractivity contribution is 9.10. The van der Waals surface area contributed by atoms with Crippen molar-refractivity contribution >= 4 is 66.6 Å². The van der Waals surface area contributed by atoms with E-state index < -0.39 is 34.6 Å². The number of nitrogens with zero attached hydrogens (tertiary/aromatic N) is 2. The molecule has 0 amide bonds. The first-order valence-corrected chi connectivity index (χ1v) is 13.2. The van der Waals surface area contributed by atoms with Crippen LogP contribution in [0.25, 0.3) is 23.2 Å². The van der Waals surface area contributed by atoms with Crippen molar-refractivity contribution in [3.05, 3.63) is 139 Å². The van der Waals surface area contributed by atoms with Crippen molar-refractivity contribution in [3.63, 3.8) is 0 Å². The van der Waals surface area contributed by atoms with Crippen LogP contribution in [0.2, 0.25) is 0 Å². The molecule has 0 saturated carbocycles. The van der Waals surface area contributed by atoms with Gasteiger partial charge in [-0.15, -0.1) is 0 Å². The number of ketones is 2. The predicted molar refractivity (Wildman–Crippen MR) is 159 cm³/mol. The first kappa shape index (κ1) is 28.5. The van der Waals surface area contributed by atoms with E-state index in [1.165, 1.54) is 0 Å². The number of hydrogen-bond acceptors (Lipinski definition) is 8. The smallest absolute Gasteiger partial charge is 0.189 e. The largest absolute Gasteiger partial charge is 0.504 e. The molecule has 3 aromatic carbocycles. The summed E-state index contributed by atoms with van der Waals surface area (Å²) in [5.74, 6) is -3.89. The van der Waals surface area contributed by atoms with Crippen LogP contribution in [-0.4, -0.2) is 42.0 Å². The number of allylic oxidation sites excluding steroid dienone is 2. The van der Waals surface area contributed by atoms with Crippen molar-refractivity contribution in [1.82, 2.24) is 9.97 Å². The van der Waals surface area contributed by atoms with Gasteiger partial charge < -0.3 is 20.4 Å². The Morgan fingerprint density at radius 3 is 1.25 bits per heavy atom. The van der Waals surface area contributed by atoms with Crippen LogP contribution in [0.3, 0.4) is 0 Å². The Hall–Kier alpha value is -4.54. The van der Waals surface area contributed by atoms with Crippen molar-refractivity contribution in [2.75, 3.05) is 0 Å². The van der Waals surface area contributed by atoms with Crippen LogP contribution in [0.4, 0.5) is 0 Å². The van der Waals surface area contributed by atoms with Crippen LogP contribution in [-0.2, 0) is 0 Å². The van der Waals surface area contributed by atoms with Gasteiger partial charge >= 0.3 is 0 Å². The van der Waals surface area contributed by atoms with Gasteiger partial charge in [-0.05, 0) is 60.7 Å². The summed E-state index contributed by atoms with van der Waals surface area (Å²) in [5.41, 5.74) is 1.48. The first-order chi connectivity index (χ1) is 19.1. The average Bonchev–Trinajstić information content (AvgIpc) is 2.93. The number of carbonyl (C=O) groups is 2. The number of halogens is 2. The number of para-hydroxylation sites is 2. The van der Waals surface area contributed by atoms with Crippen molar-refractivity contribution in [2.45, 2.75) is 0 Å². The SMILES string of the molecule is O=C(/C=C(O)/C(O)=C/c1nc2ccccc2nc1/C=C(O)/C(O)=C/C(=O)c1ccc(Br)cc1)c1ccc(Br)cc1. The molecule has 0 atom stereocenters. The molecule has 0 spiro atoms. The summed E-state index contributed by atoms with van der Waals surface area (Å²) in [7, 11) is 0. The predicted octanol–water partition coefficient (Wildman–Crippen LogP) is 7.60. The van der Waals surface area contributed by atoms with E-state index in [0.717, 1.165) is 33.2 Å². The summed E-state index contributed by atoms with van der Waals surface area (Å²) >= 11 is 6.56. The normalized spacial score (nSPS) is 12.9. The number of benzene rings is 3. The van der Waals surface area contributed by atoms with Gasteiger partial charge in [0, 0.05) is 44.4 Å². The Morgan fingerprint density at radius 1 is 0.550 bits per heavy atom. The summed E-state index contributed by atoms with van der Waals surface area (Å²) in [6.07, 6.45) is 3.84. The lowest BCUT2D eigenvalue weighted by atomic mass is 10.1. The Bertz CT molecular complexity index is 1600. The third-order valence-corrected chi connectivity index (χ3v) is 6.55. The van der Waals surface area contributed by atoms with E-state index in [0.29, 0.717) is 22.2 Å². The topological polar surface area (TPSA) is 141 Å². The zero-order valence-electron chi connectivity index (χ0n) is 20.5. The summed E-state index contributed by atoms with van der Waals surface area (Å²) < 4.78 is 1.55. The Labute approximate surface area is 245 Å². The minimum atomic E-state index is -0.718. The van der Waals surface area contributed by atoms with Crippen LogP contribution in [0, 0.1) is 0 Å². The van der Waals surface area contributed by atoms with Crippen molar-refractivity contribution < 1.29 is 30.0 Å². The molecule has 0 aliphatic rings. The highest BCUT2D eigenvalue weighted by Crippen LogP contribution is 2.21. The molecule has 0 aliphatic heterocycles. The lowest BCUT2D eigenvalue weighted by Gasteiger charge is -2.06. The lowest BCUT2D eigenvalue weighted by molar-refractivity contribution is 0.103. The van der Waals surface area contributed by atoms with Gasteiger partial charge in [-0.3, -0.25) is 9.59 Å². The molecule has 4 N–H and O–H groups in total. The van der Waals surface area contributed by atoms with Gasteiger partial charge in [0.05, 0.1) is 22.4 Å². The van der Waals surface area contributed by atoms with E-state index in [-0.39, 0.29) is 11.4 Å². The highest BCUT2D eigenvalue weighted by atomic mass is 79.9. The minimum Gasteiger partial charge on any atom is -0.504 e. The molecule has 0 fully saturated rings. The van der Waals surface area contributed by atoms with Crippen LogP contribution in [0.1, 0.15) is 32.1 Å². The lowest BCUT2D eigenvalue weighted by Crippen LogP contribution is -2.01. The van der Waals surface area contributed by atoms with Crippen LogP contribution < -0.4 is 0 Å². The fourth-order valence-corrected chi connectivity index (χ4v) is 3.97. The molecule has 0 aliphatic carbocycles. The standard InChI is InChI=1S/C30H20Br2N2O6/c31-19-9-5-17(6-10-19)25(35)15-29(39)27(37)13-23-24(34-22-4-2-1-3-21(22)33-23)14-28(38)30(40)16-26(36)18-7-11-20(32)12-8-18/h1-16,37-40H/b27-13-,28-14-,29-15-,30-16-. The molecule has 8 nitrogen and oxygen atoms in total. The summed E-state index contributed by atoms with van der Waals surface area (Å²) in [6, 6.07) is 19.7. The van der Waals surface area contributed by atoms with Crippen LogP contribution in [0.5, 0.6) is 0 Å². The Kier molecular flexibility index (Phi) is 8.93. The molecule has 0 unspecified atom stereocenters. The zero-order chi connectivity index (χ0) is 28.8. The van der Waals surface area contributed by atoms with E-state index in [1.54, 1.807) is 72.8 Å². The van der Waals surface area contributed by atoms with Crippen LogP contribution >= 0.6 is 31.9 Å². The molecular formula is C30H20Br2N2O6. The molecule has 1 aromatic heterocycles. The summed E-state index contributed by atoms with van der Waals surface area (Å²) in [6.45, 7) is 0. The maximum Gasteiger partial charge on any atom is 0.189 e. The average molecular weight is 664 g/mol. The fraction of sp³-hybridized carbons (Fsp3) is 0. The number of carbonyl (C=O) groups excluding carboxylic acids is 2. The molecule has 40 heavy (non-hydrogen) atoms. The molecule has 0 radical (unpaired) electrons. The fourth-order valence-electron chi connectivity index (χ4n) is 3.44. The van der Waals surface area contributed by atoms with E-state index in [4.69, 9.17) is 0 Å². The number of aromatic nitrogens is 2. The zero-order valence-corrected chi connectivity index (χ0v) is 23.7. The number of rotatable bonds is 8. The molecule has 10 heteroatoms.